The molecule has 0 saturated carbocycles. The SMILES string of the molecule is CC(CO)S(=O)(=O)N1CCN(c2nccs2)CC1. The first-order valence-electron chi connectivity index (χ1n) is 5.80. The highest BCUT2D eigenvalue weighted by Crippen LogP contribution is 2.20. The van der Waals surface area contributed by atoms with E-state index < -0.39 is 15.3 Å². The van der Waals surface area contributed by atoms with Crippen LogP contribution in [-0.4, -0.2) is 60.8 Å². The van der Waals surface area contributed by atoms with E-state index in [-0.39, 0.29) is 6.61 Å². The number of sulfonamides is 1. The van der Waals surface area contributed by atoms with Gasteiger partial charge in [0, 0.05) is 37.8 Å². The van der Waals surface area contributed by atoms with Crippen LogP contribution in [0.2, 0.25) is 0 Å². The van der Waals surface area contributed by atoms with Crippen LogP contribution in [0.25, 0.3) is 0 Å². The van der Waals surface area contributed by atoms with Crippen LogP contribution in [0.15, 0.2) is 11.6 Å². The number of aromatic nitrogens is 1. The molecule has 2 rings (SSSR count). The standard InChI is InChI=1S/C10H17N3O3S2/c1-9(8-14)18(15,16)13-5-3-12(4-6-13)10-11-2-7-17-10/h2,7,9,14H,3-6,8H2,1H3. The molecule has 1 saturated heterocycles. The Morgan fingerprint density at radius 3 is 2.61 bits per heavy atom. The van der Waals surface area contributed by atoms with Crippen LogP contribution in [0, 0.1) is 0 Å². The van der Waals surface area contributed by atoms with E-state index in [1.807, 2.05) is 5.38 Å². The van der Waals surface area contributed by atoms with Gasteiger partial charge in [0.1, 0.15) is 0 Å². The van der Waals surface area contributed by atoms with E-state index >= 15 is 0 Å². The minimum Gasteiger partial charge on any atom is -0.395 e. The molecule has 0 aromatic carbocycles. The zero-order chi connectivity index (χ0) is 13.2. The molecule has 102 valence electrons. The van der Waals surface area contributed by atoms with Crippen molar-refractivity contribution in [2.75, 3.05) is 37.7 Å². The number of hydrogen-bond donors (Lipinski definition) is 1. The van der Waals surface area contributed by atoms with Crippen molar-refractivity contribution in [3.05, 3.63) is 11.6 Å². The van der Waals surface area contributed by atoms with Crippen molar-refractivity contribution in [2.45, 2.75) is 12.2 Å². The second-order valence-electron chi connectivity index (χ2n) is 4.24. The quantitative estimate of drug-likeness (QED) is 0.843. The fraction of sp³-hybridized carbons (Fsp3) is 0.700. The summed E-state index contributed by atoms with van der Waals surface area (Å²) in [5.41, 5.74) is 0. The van der Waals surface area contributed by atoms with Gasteiger partial charge in [0.15, 0.2) is 5.13 Å². The maximum Gasteiger partial charge on any atom is 0.219 e. The van der Waals surface area contributed by atoms with Gasteiger partial charge in [-0.05, 0) is 6.92 Å². The minimum atomic E-state index is -3.36. The summed E-state index contributed by atoms with van der Waals surface area (Å²) < 4.78 is 25.5. The molecule has 0 aliphatic carbocycles. The van der Waals surface area contributed by atoms with E-state index in [0.717, 1.165) is 5.13 Å². The number of aliphatic hydroxyl groups excluding tert-OH is 1. The Balaban J connectivity index is 1.99. The lowest BCUT2D eigenvalue weighted by atomic mass is 10.4. The summed E-state index contributed by atoms with van der Waals surface area (Å²) in [6, 6.07) is 0. The Hall–Kier alpha value is -0.700. The molecule has 2 heterocycles. The highest BCUT2D eigenvalue weighted by atomic mass is 32.2. The Morgan fingerprint density at radius 2 is 2.11 bits per heavy atom. The van der Waals surface area contributed by atoms with Crippen LogP contribution in [0.4, 0.5) is 5.13 Å². The van der Waals surface area contributed by atoms with Gasteiger partial charge in [0.25, 0.3) is 0 Å². The number of anilines is 1. The molecular weight excluding hydrogens is 274 g/mol. The van der Waals surface area contributed by atoms with E-state index in [1.54, 1.807) is 17.5 Å². The van der Waals surface area contributed by atoms with E-state index in [4.69, 9.17) is 5.11 Å². The van der Waals surface area contributed by atoms with Crippen molar-refractivity contribution >= 4 is 26.5 Å². The second-order valence-corrected chi connectivity index (χ2v) is 7.46. The lowest BCUT2D eigenvalue weighted by Crippen LogP contribution is -2.51. The maximum absolute atomic E-state index is 12.0. The number of nitrogens with zero attached hydrogens (tertiary/aromatic N) is 3. The summed E-state index contributed by atoms with van der Waals surface area (Å²) >= 11 is 1.56. The van der Waals surface area contributed by atoms with Gasteiger partial charge in [-0.3, -0.25) is 0 Å². The molecule has 0 radical (unpaired) electrons. The highest BCUT2D eigenvalue weighted by molar-refractivity contribution is 7.89. The van der Waals surface area contributed by atoms with Crippen LogP contribution in [-0.2, 0) is 10.0 Å². The van der Waals surface area contributed by atoms with Crippen molar-refractivity contribution in [3.8, 4) is 0 Å². The third-order valence-corrected chi connectivity index (χ3v) is 6.14. The molecule has 1 unspecified atom stereocenters. The summed E-state index contributed by atoms with van der Waals surface area (Å²) in [6.45, 7) is 3.38. The smallest absolute Gasteiger partial charge is 0.219 e. The van der Waals surface area contributed by atoms with E-state index in [1.165, 1.54) is 11.2 Å². The number of aliphatic hydroxyl groups is 1. The third-order valence-electron chi connectivity index (χ3n) is 3.05. The molecule has 0 bridgehead atoms. The van der Waals surface area contributed by atoms with Crippen molar-refractivity contribution in [2.24, 2.45) is 0 Å². The average molecular weight is 291 g/mol. The van der Waals surface area contributed by atoms with Gasteiger partial charge in [-0.15, -0.1) is 11.3 Å². The first-order valence-corrected chi connectivity index (χ1v) is 8.18. The average Bonchev–Trinajstić information content (AvgIpc) is 2.91. The van der Waals surface area contributed by atoms with Gasteiger partial charge in [-0.1, -0.05) is 0 Å². The molecule has 6 nitrogen and oxygen atoms in total. The predicted molar refractivity (Wildman–Crippen MR) is 71.4 cm³/mol. The normalized spacial score (nSPS) is 20.0. The highest BCUT2D eigenvalue weighted by Gasteiger charge is 2.31. The molecule has 1 atom stereocenters. The fourth-order valence-corrected chi connectivity index (χ4v) is 3.92. The molecule has 0 spiro atoms. The predicted octanol–water partition coefficient (Wildman–Crippen LogP) is -0.0243. The first kappa shape index (κ1) is 13.7. The monoisotopic (exact) mass is 291 g/mol. The van der Waals surface area contributed by atoms with Gasteiger partial charge in [0.05, 0.1) is 11.9 Å². The largest absolute Gasteiger partial charge is 0.395 e. The van der Waals surface area contributed by atoms with Crippen LogP contribution < -0.4 is 4.90 Å². The molecule has 1 aliphatic rings. The van der Waals surface area contributed by atoms with Crippen LogP contribution in [0.1, 0.15) is 6.92 Å². The topological polar surface area (TPSA) is 73.7 Å². The number of rotatable bonds is 4. The lowest BCUT2D eigenvalue weighted by molar-refractivity contribution is 0.287. The van der Waals surface area contributed by atoms with Crippen molar-refractivity contribution in [3.63, 3.8) is 0 Å². The zero-order valence-corrected chi connectivity index (χ0v) is 11.8. The molecule has 1 aromatic heterocycles. The van der Waals surface area contributed by atoms with Crippen LogP contribution in [0.3, 0.4) is 0 Å². The molecule has 1 aliphatic heterocycles. The Morgan fingerprint density at radius 1 is 1.44 bits per heavy atom. The van der Waals surface area contributed by atoms with Crippen molar-refractivity contribution in [1.82, 2.24) is 9.29 Å². The van der Waals surface area contributed by atoms with Gasteiger partial charge in [-0.2, -0.15) is 4.31 Å². The Labute approximate surface area is 111 Å². The molecule has 1 aromatic rings. The number of hydrogen-bond acceptors (Lipinski definition) is 6. The molecule has 1 N–H and O–H groups in total. The Kier molecular flexibility index (Phi) is 4.21. The van der Waals surface area contributed by atoms with Gasteiger partial charge < -0.3 is 10.0 Å². The number of thiazole rings is 1. The molecular formula is C10H17N3O3S2. The molecule has 1 fully saturated rings. The summed E-state index contributed by atoms with van der Waals surface area (Å²) in [4.78, 5) is 6.30. The summed E-state index contributed by atoms with van der Waals surface area (Å²) in [5, 5.41) is 11.1. The summed E-state index contributed by atoms with van der Waals surface area (Å²) in [7, 11) is -3.36. The van der Waals surface area contributed by atoms with Gasteiger partial charge in [-0.25, -0.2) is 13.4 Å². The Bertz CT molecular complexity index is 467. The minimum absolute atomic E-state index is 0.338. The maximum atomic E-state index is 12.0. The summed E-state index contributed by atoms with van der Waals surface area (Å²) in [6.07, 6.45) is 1.75. The molecule has 18 heavy (non-hydrogen) atoms. The van der Waals surface area contributed by atoms with Crippen LogP contribution >= 0.6 is 11.3 Å². The third kappa shape index (κ3) is 2.66. The number of piperazine rings is 1. The van der Waals surface area contributed by atoms with Gasteiger partial charge in [0.2, 0.25) is 10.0 Å². The zero-order valence-electron chi connectivity index (χ0n) is 10.2. The van der Waals surface area contributed by atoms with Gasteiger partial charge >= 0.3 is 0 Å². The first-order chi connectivity index (χ1) is 8.55. The molecule has 8 heteroatoms. The fourth-order valence-electron chi connectivity index (χ4n) is 1.85. The van der Waals surface area contributed by atoms with E-state index in [2.05, 4.69) is 9.88 Å². The van der Waals surface area contributed by atoms with Crippen LogP contribution in [0.5, 0.6) is 0 Å². The van der Waals surface area contributed by atoms with E-state index in [9.17, 15) is 8.42 Å². The van der Waals surface area contributed by atoms with E-state index in [0.29, 0.717) is 26.2 Å². The lowest BCUT2D eigenvalue weighted by Gasteiger charge is -2.34. The van der Waals surface area contributed by atoms with Crippen molar-refractivity contribution in [1.29, 1.82) is 0 Å². The van der Waals surface area contributed by atoms with Crippen molar-refractivity contribution < 1.29 is 13.5 Å². The summed E-state index contributed by atoms with van der Waals surface area (Å²) in [5.74, 6) is 0. The molecule has 0 amide bonds. The second kappa shape index (κ2) is 5.52.